The lowest BCUT2D eigenvalue weighted by molar-refractivity contribution is -0.137. The maximum atomic E-state index is 13.1. The number of alkyl halides is 3. The van der Waals surface area contributed by atoms with Gasteiger partial charge in [-0.25, -0.2) is 0 Å². The van der Waals surface area contributed by atoms with Crippen LogP contribution in [0.25, 0.3) is 0 Å². The third kappa shape index (κ3) is 4.48. The summed E-state index contributed by atoms with van der Waals surface area (Å²) in [5.74, 6) is -1.47. The minimum absolute atomic E-state index is 0.0899. The van der Waals surface area contributed by atoms with Crippen LogP contribution in [0.15, 0.2) is 48.5 Å². The van der Waals surface area contributed by atoms with Crippen molar-refractivity contribution in [3.05, 3.63) is 59.7 Å². The Balaban J connectivity index is 2.32. The fraction of sp³-hybridized carbons (Fsp3) is 0.235. The zero-order valence-electron chi connectivity index (χ0n) is 18.6. The first-order chi connectivity index (χ1) is 13.6. The van der Waals surface area contributed by atoms with E-state index in [2.05, 4.69) is 5.32 Å². The van der Waals surface area contributed by atoms with Crippen LogP contribution in [0.4, 0.5) is 18.9 Å². The van der Waals surface area contributed by atoms with E-state index >= 15 is 0 Å². The number of anilines is 1. The van der Waals surface area contributed by atoms with Gasteiger partial charge < -0.3 is 10.1 Å². The molecule has 0 bridgehead atoms. The minimum atomic E-state index is -4.76. The zero-order chi connectivity index (χ0) is 23.0. The Morgan fingerprint density at radius 3 is 2.65 bits per heavy atom. The summed E-state index contributed by atoms with van der Waals surface area (Å²) in [5.41, 5.74) is -1.88. The van der Waals surface area contributed by atoms with E-state index in [0.717, 1.165) is 30.3 Å². The molecule has 0 aromatic heterocycles. The smallest absolute Gasteiger partial charge is 0.417 e. The van der Waals surface area contributed by atoms with Crippen molar-refractivity contribution in [3.8, 4) is 5.75 Å². The number of hydrogen-bond donors (Lipinski definition) is 1. The van der Waals surface area contributed by atoms with Crippen LogP contribution in [0.5, 0.6) is 5.75 Å². The van der Waals surface area contributed by atoms with Crippen molar-refractivity contribution < 1.29 is 32.3 Å². The first kappa shape index (κ1) is 9.60. The van der Waals surface area contributed by atoms with Gasteiger partial charge >= 0.3 is 6.18 Å². The molecule has 23 heavy (non-hydrogen) atoms. The van der Waals surface area contributed by atoms with Crippen molar-refractivity contribution in [1.82, 2.24) is 0 Å². The molecule has 2 rings (SSSR count). The number of carbonyl (C=O) groups is 1. The lowest BCUT2D eigenvalue weighted by atomic mass is 10.1. The second kappa shape index (κ2) is 6.73. The van der Waals surface area contributed by atoms with Crippen LogP contribution in [0.3, 0.4) is 0 Å². The van der Waals surface area contributed by atoms with Gasteiger partial charge in [-0.1, -0.05) is 18.2 Å². The molecule has 2 aromatic rings. The van der Waals surface area contributed by atoms with Gasteiger partial charge in [-0.05, 0) is 38.0 Å². The van der Waals surface area contributed by atoms with Crippen molar-refractivity contribution >= 4 is 11.6 Å². The number of halogens is 3. The number of ether oxygens (including phenoxy) is 1. The molecule has 0 saturated heterocycles. The first-order valence-corrected chi connectivity index (χ1v) is 6.33. The molecule has 0 heterocycles. The summed E-state index contributed by atoms with van der Waals surface area (Å²) in [4.78, 5) is 12.3. The summed E-state index contributed by atoms with van der Waals surface area (Å²) < 4.78 is 96.1. The predicted octanol–water partition coefficient (Wildman–Crippen LogP) is 4.74. The normalized spacial score (nSPS) is 17.4. The molecule has 0 aliphatic heterocycles. The van der Waals surface area contributed by atoms with Crippen molar-refractivity contribution in [3.63, 3.8) is 0 Å². The highest BCUT2D eigenvalue weighted by molar-refractivity contribution is 6.05. The summed E-state index contributed by atoms with van der Waals surface area (Å²) >= 11 is 0. The van der Waals surface area contributed by atoms with Gasteiger partial charge in [0.05, 0.1) is 18.6 Å². The zero-order valence-corrected chi connectivity index (χ0v) is 11.6. The standard InChI is InChI=1S/C17H16F3NO2/c1-11(2)23-13-7-5-6-12(10-13)21-16(22)14-8-3-4-9-15(14)17(18,19)20/h3-11H,1-2H3,(H,21,22)/i1D3,2D3,11D. The Kier molecular flexibility index (Phi) is 2.81. The second-order valence-electron chi connectivity index (χ2n) is 4.46. The van der Waals surface area contributed by atoms with Gasteiger partial charge in [0.2, 0.25) is 0 Å². The number of amides is 1. The molecule has 0 aliphatic rings. The summed E-state index contributed by atoms with van der Waals surface area (Å²) in [7, 11) is 0. The largest absolute Gasteiger partial charge is 0.491 e. The van der Waals surface area contributed by atoms with Crippen LogP contribution in [0.1, 0.15) is 39.2 Å². The van der Waals surface area contributed by atoms with Crippen LogP contribution in [-0.4, -0.2) is 12.0 Å². The monoisotopic (exact) mass is 330 g/mol. The number of carbonyl (C=O) groups excluding carboxylic acids is 1. The van der Waals surface area contributed by atoms with E-state index in [4.69, 9.17) is 14.3 Å². The van der Waals surface area contributed by atoms with Crippen LogP contribution >= 0.6 is 0 Å². The van der Waals surface area contributed by atoms with E-state index < -0.39 is 43.0 Å². The van der Waals surface area contributed by atoms with Gasteiger partial charge in [0, 0.05) is 20.0 Å². The number of benzene rings is 2. The van der Waals surface area contributed by atoms with E-state index in [9.17, 15) is 18.0 Å². The van der Waals surface area contributed by atoms with Crippen LogP contribution in [-0.2, 0) is 6.18 Å². The van der Waals surface area contributed by atoms with E-state index in [1.165, 1.54) is 18.2 Å². The molecule has 2 aromatic carbocycles. The van der Waals surface area contributed by atoms with Gasteiger partial charge in [0.1, 0.15) is 5.75 Å². The molecular formula is C17H16F3NO2. The van der Waals surface area contributed by atoms with Gasteiger partial charge in [0.15, 0.2) is 0 Å². The maximum absolute atomic E-state index is 13.1. The molecule has 1 N–H and O–H groups in total. The van der Waals surface area contributed by atoms with E-state index in [1.54, 1.807) is 0 Å². The Labute approximate surface area is 141 Å². The average molecular weight is 330 g/mol. The Morgan fingerprint density at radius 1 is 1.22 bits per heavy atom. The molecule has 0 atom stereocenters. The summed E-state index contributed by atoms with van der Waals surface area (Å²) in [6, 6.07) is 8.80. The highest BCUT2D eigenvalue weighted by atomic mass is 19.4. The van der Waals surface area contributed by atoms with Crippen molar-refractivity contribution in [2.45, 2.75) is 26.0 Å². The van der Waals surface area contributed by atoms with E-state index in [1.807, 2.05) is 0 Å². The van der Waals surface area contributed by atoms with Crippen LogP contribution < -0.4 is 10.1 Å². The molecule has 122 valence electrons. The molecule has 0 aliphatic carbocycles. The van der Waals surface area contributed by atoms with Crippen molar-refractivity contribution in [1.29, 1.82) is 0 Å². The quantitative estimate of drug-likeness (QED) is 0.879. The van der Waals surface area contributed by atoms with Crippen LogP contribution in [0, 0.1) is 0 Å². The van der Waals surface area contributed by atoms with Gasteiger partial charge in [-0.3, -0.25) is 4.79 Å². The summed E-state index contributed by atoms with van der Waals surface area (Å²) in [6.07, 6.45) is -8.06. The number of hydrogen-bond acceptors (Lipinski definition) is 2. The topological polar surface area (TPSA) is 38.3 Å². The predicted molar refractivity (Wildman–Crippen MR) is 81.6 cm³/mol. The first-order valence-electron chi connectivity index (χ1n) is 9.83. The average Bonchev–Trinajstić information content (AvgIpc) is 2.59. The van der Waals surface area contributed by atoms with Gasteiger partial charge in [-0.15, -0.1) is 0 Å². The molecule has 0 spiro atoms. The maximum Gasteiger partial charge on any atom is 0.417 e. The van der Waals surface area contributed by atoms with E-state index in [-0.39, 0.29) is 11.4 Å². The molecule has 6 heteroatoms. The minimum Gasteiger partial charge on any atom is -0.491 e. The van der Waals surface area contributed by atoms with Crippen LogP contribution in [0.2, 0.25) is 0 Å². The molecular weight excluding hydrogens is 307 g/mol. The molecule has 0 radical (unpaired) electrons. The third-order valence-electron chi connectivity index (χ3n) is 2.79. The summed E-state index contributed by atoms with van der Waals surface area (Å²) in [5, 5.41) is 2.21. The molecule has 3 nitrogen and oxygen atoms in total. The fourth-order valence-corrected chi connectivity index (χ4v) is 1.88. The Bertz CT molecular complexity index is 913. The highest BCUT2D eigenvalue weighted by Crippen LogP contribution is 2.32. The molecule has 1 amide bonds. The van der Waals surface area contributed by atoms with Gasteiger partial charge in [0.25, 0.3) is 5.91 Å². The second-order valence-corrected chi connectivity index (χ2v) is 4.46. The van der Waals surface area contributed by atoms with Crippen molar-refractivity contribution in [2.75, 3.05) is 5.32 Å². The summed E-state index contributed by atoms with van der Waals surface area (Å²) in [6.45, 7) is -6.69. The third-order valence-corrected chi connectivity index (χ3v) is 2.79. The lowest BCUT2D eigenvalue weighted by Gasteiger charge is -2.14. The number of nitrogens with one attached hydrogen (secondary N) is 1. The Morgan fingerprint density at radius 2 is 1.96 bits per heavy atom. The lowest BCUT2D eigenvalue weighted by Crippen LogP contribution is -2.18. The van der Waals surface area contributed by atoms with E-state index in [0.29, 0.717) is 0 Å². The molecule has 0 saturated carbocycles. The molecule has 0 unspecified atom stereocenters. The van der Waals surface area contributed by atoms with Gasteiger partial charge in [-0.2, -0.15) is 13.2 Å². The Hall–Kier alpha value is -2.50. The fourth-order valence-electron chi connectivity index (χ4n) is 1.88. The van der Waals surface area contributed by atoms with Crippen molar-refractivity contribution in [2.24, 2.45) is 0 Å². The number of rotatable bonds is 4. The molecule has 0 fully saturated rings. The highest BCUT2D eigenvalue weighted by Gasteiger charge is 2.34. The SMILES string of the molecule is [2H]C([2H])([2H])C([2H])(Oc1cccc(NC(=O)c2ccccc2C(F)(F)F)c1)C([2H])([2H])[2H].